The molecule has 0 fully saturated rings. The molecule has 0 atom stereocenters. The Bertz CT molecular complexity index is 1470. The molecule has 4 aromatic rings. The van der Waals surface area contributed by atoms with Crippen molar-refractivity contribution >= 4 is 32.7 Å². The number of aromatic amines is 1. The number of nitrogens with one attached hydrogen (secondary N) is 1. The fraction of sp³-hybridized carbons (Fsp3) is 0.0870. The van der Waals surface area contributed by atoms with Gasteiger partial charge in [-0.2, -0.15) is 0 Å². The maximum atomic E-state index is 13.2. The average Bonchev–Trinajstić information content (AvgIpc) is 2.73. The summed E-state index contributed by atoms with van der Waals surface area (Å²) in [5.74, 6) is 0.408. The Morgan fingerprint density at radius 2 is 1.52 bits per heavy atom. The summed E-state index contributed by atoms with van der Waals surface area (Å²) in [6.45, 7) is 1.71. The van der Waals surface area contributed by atoms with Gasteiger partial charge in [0.05, 0.1) is 17.6 Å². The Morgan fingerprint density at radius 1 is 0.879 bits per heavy atom. The maximum absolute atomic E-state index is 13.2. The summed E-state index contributed by atoms with van der Waals surface area (Å²) in [5, 5.41) is 0.610. The van der Waals surface area contributed by atoms with E-state index in [2.05, 4.69) is 4.98 Å². The van der Waals surface area contributed by atoms with E-state index in [0.717, 1.165) is 6.07 Å². The van der Waals surface area contributed by atoms with Crippen LogP contribution in [-0.2, 0) is 0 Å². The predicted molar refractivity (Wildman–Crippen MR) is 123 cm³/mol. The topological polar surface area (TPSA) is 42.1 Å². The molecule has 0 unspecified atom stereocenters. The molecule has 3 nitrogen and oxygen atoms in total. The first-order valence-electron chi connectivity index (χ1n) is 9.53. The van der Waals surface area contributed by atoms with Gasteiger partial charge in [0.2, 0.25) is 0 Å². The van der Waals surface area contributed by atoms with E-state index < -0.39 is 15.1 Å². The van der Waals surface area contributed by atoms with E-state index in [0.29, 0.717) is 51.2 Å². The highest BCUT2D eigenvalue weighted by Crippen LogP contribution is 3.02. The van der Waals surface area contributed by atoms with Crippen molar-refractivity contribution in [1.82, 2.24) is 4.98 Å². The number of H-pyrrole nitrogens is 1. The molecule has 33 heavy (non-hydrogen) atoms. The predicted octanol–water partition coefficient (Wildman–Crippen LogP) is 8.49. The van der Waals surface area contributed by atoms with Gasteiger partial charge in [-0.1, -0.05) is 67.4 Å². The molecule has 0 radical (unpaired) electrons. The molecule has 3 aromatic carbocycles. The second-order valence-corrected chi connectivity index (χ2v) is 10.4. The first kappa shape index (κ1) is 23.1. The number of aryl methyl sites for hydroxylation is 1. The van der Waals surface area contributed by atoms with Gasteiger partial charge in [0.25, 0.3) is 0 Å². The van der Waals surface area contributed by atoms with Crippen LogP contribution in [0.3, 0.4) is 0 Å². The monoisotopic (exact) mass is 501 g/mol. The minimum Gasteiger partial charge on any atom is -0.495 e. The zero-order chi connectivity index (χ0) is 24.2. The van der Waals surface area contributed by atoms with Crippen LogP contribution in [0.4, 0.5) is 19.4 Å². The Morgan fingerprint density at radius 3 is 2.12 bits per heavy atom. The summed E-state index contributed by atoms with van der Waals surface area (Å²) in [6, 6.07) is 12.2. The maximum Gasteiger partial charge on any atom is 0.310 e. The molecule has 0 spiro atoms. The van der Waals surface area contributed by atoms with Gasteiger partial charge in [-0.05, 0) is 41.8 Å². The minimum absolute atomic E-state index is 0.0182. The van der Waals surface area contributed by atoms with Crippen LogP contribution in [0.1, 0.15) is 5.69 Å². The molecule has 0 saturated heterocycles. The van der Waals surface area contributed by atoms with Crippen molar-refractivity contribution in [1.29, 1.82) is 0 Å². The first-order chi connectivity index (χ1) is 15.2. The molecular weight excluding hydrogens is 485 g/mol. The Hall–Kier alpha value is -3.04. The minimum atomic E-state index is -9.79. The number of aromatic nitrogens is 1. The normalized spacial score (nSPS) is 14.1. The van der Waals surface area contributed by atoms with Crippen molar-refractivity contribution in [2.75, 3.05) is 7.11 Å². The lowest BCUT2D eigenvalue weighted by molar-refractivity contribution is 0.364. The number of ether oxygens (including phenoxy) is 1. The lowest BCUT2D eigenvalue weighted by atomic mass is 9.98. The van der Waals surface area contributed by atoms with E-state index in [1.807, 2.05) is 0 Å². The lowest BCUT2D eigenvalue weighted by Gasteiger charge is -2.40. The number of benzene rings is 3. The van der Waals surface area contributed by atoms with E-state index >= 15 is 0 Å². The fourth-order valence-electron chi connectivity index (χ4n) is 3.66. The number of methoxy groups -OCH3 is 1. The standard InChI is InChI=1S/C23H17ClF5NO2S/c1-13-22(23(31)18-11-19(24)21(32-2)12-20(18)30-13)15-8-6-14(7-9-15)16-4-3-5-17(10-16)33(25,26,27,28)29/h3-12H,1-2H3,(H,30,31). The van der Waals surface area contributed by atoms with Crippen molar-refractivity contribution in [3.05, 3.63) is 81.6 Å². The SMILES string of the molecule is COc1cc2[nH]c(C)c(-c3ccc(-c4cccc(S(F)(F)(F)(F)F)c4)cc3)c(=O)c2cc1Cl. The van der Waals surface area contributed by atoms with Crippen LogP contribution in [0.2, 0.25) is 5.02 Å². The van der Waals surface area contributed by atoms with E-state index in [9.17, 15) is 24.2 Å². The van der Waals surface area contributed by atoms with Crippen molar-refractivity contribution in [2.24, 2.45) is 0 Å². The molecule has 0 aliphatic heterocycles. The van der Waals surface area contributed by atoms with Gasteiger partial charge < -0.3 is 9.72 Å². The summed E-state index contributed by atoms with van der Waals surface area (Å²) < 4.78 is 71.0. The third-order valence-corrected chi connectivity index (χ3v) is 6.69. The molecule has 1 aromatic heterocycles. The fourth-order valence-corrected chi connectivity index (χ4v) is 4.59. The average molecular weight is 502 g/mol. The van der Waals surface area contributed by atoms with E-state index in [1.54, 1.807) is 25.1 Å². The highest BCUT2D eigenvalue weighted by molar-refractivity contribution is 8.45. The van der Waals surface area contributed by atoms with Crippen molar-refractivity contribution < 1.29 is 24.2 Å². The van der Waals surface area contributed by atoms with Crippen LogP contribution in [0.25, 0.3) is 33.2 Å². The van der Waals surface area contributed by atoms with Crippen molar-refractivity contribution in [3.63, 3.8) is 0 Å². The molecule has 0 bridgehead atoms. The zero-order valence-electron chi connectivity index (χ0n) is 17.3. The Labute approximate surface area is 190 Å². The van der Waals surface area contributed by atoms with Crippen LogP contribution in [0, 0.1) is 6.92 Å². The van der Waals surface area contributed by atoms with Crippen LogP contribution in [-0.4, -0.2) is 12.1 Å². The number of hydrogen-bond acceptors (Lipinski definition) is 2. The highest BCUT2D eigenvalue weighted by atomic mass is 35.5. The second-order valence-electron chi connectivity index (χ2n) is 7.56. The molecule has 174 valence electrons. The van der Waals surface area contributed by atoms with Crippen molar-refractivity contribution in [2.45, 2.75) is 11.8 Å². The van der Waals surface area contributed by atoms with Gasteiger partial charge in [0.1, 0.15) is 10.6 Å². The summed E-state index contributed by atoms with van der Waals surface area (Å²) >= 11 is 6.16. The Kier molecular flexibility index (Phi) is 4.89. The molecule has 0 saturated carbocycles. The van der Waals surface area contributed by atoms with Crippen LogP contribution >= 0.6 is 21.8 Å². The van der Waals surface area contributed by atoms with Gasteiger partial charge in [0.15, 0.2) is 5.43 Å². The van der Waals surface area contributed by atoms with Crippen LogP contribution < -0.4 is 10.2 Å². The van der Waals surface area contributed by atoms with Crippen molar-refractivity contribution in [3.8, 4) is 28.0 Å². The van der Waals surface area contributed by atoms with Gasteiger partial charge in [0, 0.05) is 22.7 Å². The lowest BCUT2D eigenvalue weighted by Crippen LogP contribution is -2.10. The first-order valence-corrected chi connectivity index (χ1v) is 11.9. The quantitative estimate of drug-likeness (QED) is 0.285. The molecule has 0 amide bonds. The smallest absolute Gasteiger partial charge is 0.310 e. The summed E-state index contributed by atoms with van der Waals surface area (Å²) in [5.41, 5.74) is 1.95. The van der Waals surface area contributed by atoms with Gasteiger partial charge >= 0.3 is 10.2 Å². The molecule has 4 rings (SSSR count). The van der Waals surface area contributed by atoms with E-state index in [1.165, 1.54) is 31.4 Å². The van der Waals surface area contributed by atoms with Gasteiger partial charge in [-0.15, -0.1) is 0 Å². The summed E-state index contributed by atoms with van der Waals surface area (Å²) in [4.78, 5) is 14.3. The molecule has 1 N–H and O–H groups in total. The zero-order valence-corrected chi connectivity index (χ0v) is 18.8. The molecule has 0 aliphatic carbocycles. The number of rotatable bonds is 4. The number of fused-ring (bicyclic) bond motifs is 1. The van der Waals surface area contributed by atoms with Gasteiger partial charge in [-0.25, -0.2) is 0 Å². The van der Waals surface area contributed by atoms with E-state index in [-0.39, 0.29) is 16.0 Å². The molecule has 1 heterocycles. The third-order valence-electron chi connectivity index (χ3n) is 5.25. The van der Waals surface area contributed by atoms with E-state index in [4.69, 9.17) is 16.3 Å². The molecular formula is C23H17ClF5NO2S. The largest absolute Gasteiger partial charge is 0.495 e. The molecule has 10 heteroatoms. The molecule has 0 aliphatic rings. The summed E-state index contributed by atoms with van der Waals surface area (Å²) in [6.07, 6.45) is 0. The number of hydrogen-bond donors (Lipinski definition) is 1. The number of halogens is 6. The third kappa shape index (κ3) is 4.43. The van der Waals surface area contributed by atoms with Crippen LogP contribution in [0.15, 0.2) is 70.4 Å². The summed E-state index contributed by atoms with van der Waals surface area (Å²) in [7, 11) is -8.33. The Balaban J connectivity index is 1.79. The van der Waals surface area contributed by atoms with Gasteiger partial charge in [-0.3, -0.25) is 4.79 Å². The second kappa shape index (κ2) is 6.98. The number of pyridine rings is 1. The highest BCUT2D eigenvalue weighted by Gasteiger charge is 2.65. The van der Waals surface area contributed by atoms with Crippen LogP contribution in [0.5, 0.6) is 5.75 Å².